The lowest BCUT2D eigenvalue weighted by Gasteiger charge is -2.14. The number of hydrazine groups is 1. The Kier molecular flexibility index (Phi) is 6.59. The maximum absolute atomic E-state index is 12.7. The van der Waals surface area contributed by atoms with Crippen LogP contribution in [0.5, 0.6) is 5.75 Å². The van der Waals surface area contributed by atoms with Crippen LogP contribution in [0.15, 0.2) is 54.6 Å². The van der Waals surface area contributed by atoms with Crippen molar-refractivity contribution in [1.29, 1.82) is 0 Å². The topological polar surface area (TPSA) is 89.6 Å². The highest BCUT2D eigenvalue weighted by atomic mass is 32.1. The first-order chi connectivity index (χ1) is 15.1. The zero-order valence-corrected chi connectivity index (χ0v) is 17.9. The Morgan fingerprint density at radius 1 is 1.10 bits per heavy atom. The number of hydrogen-bond acceptors (Lipinski definition) is 6. The Balaban J connectivity index is 1.39. The zero-order chi connectivity index (χ0) is 21.6. The summed E-state index contributed by atoms with van der Waals surface area (Å²) in [6.07, 6.45) is 2.01. The van der Waals surface area contributed by atoms with Crippen molar-refractivity contribution in [3.05, 3.63) is 70.7 Å². The van der Waals surface area contributed by atoms with Crippen LogP contribution >= 0.6 is 11.3 Å². The van der Waals surface area contributed by atoms with E-state index in [0.717, 1.165) is 30.0 Å². The van der Waals surface area contributed by atoms with E-state index in [1.165, 1.54) is 11.3 Å². The number of carbonyl (C=O) groups excluding carboxylic acids is 2. The number of rotatable bonds is 6. The van der Waals surface area contributed by atoms with Gasteiger partial charge < -0.3 is 9.47 Å². The minimum absolute atomic E-state index is 0.0453. The first-order valence-electron chi connectivity index (χ1n) is 10.1. The first-order valence-corrected chi connectivity index (χ1v) is 10.9. The molecule has 0 spiro atoms. The number of nitrogens with zero attached hydrogens (tertiary/aromatic N) is 1. The zero-order valence-electron chi connectivity index (χ0n) is 17.1. The number of amides is 2. The first kappa shape index (κ1) is 21.0. The summed E-state index contributed by atoms with van der Waals surface area (Å²) in [4.78, 5) is 30.2. The average molecular weight is 438 g/mol. The van der Waals surface area contributed by atoms with Crippen LogP contribution in [0.4, 0.5) is 0 Å². The Hall–Kier alpha value is -3.23. The minimum Gasteiger partial charge on any atom is -0.490 e. The molecule has 2 heterocycles. The number of aromatic nitrogens is 1. The molecule has 1 aliphatic rings. The van der Waals surface area contributed by atoms with Crippen molar-refractivity contribution in [3.63, 3.8) is 0 Å². The molecule has 4 rings (SSSR count). The van der Waals surface area contributed by atoms with Gasteiger partial charge in [0.05, 0.1) is 17.4 Å². The molecule has 160 valence electrons. The van der Waals surface area contributed by atoms with Crippen molar-refractivity contribution in [1.82, 2.24) is 15.8 Å². The molecule has 1 fully saturated rings. The lowest BCUT2D eigenvalue weighted by molar-refractivity contribution is 0.0669. The molecule has 1 aromatic heterocycles. The number of para-hydroxylation sites is 1. The second-order valence-corrected chi connectivity index (χ2v) is 8.15. The van der Waals surface area contributed by atoms with Gasteiger partial charge in [0.25, 0.3) is 11.8 Å². The van der Waals surface area contributed by atoms with Gasteiger partial charge in [0, 0.05) is 12.2 Å². The Bertz CT molecular complexity index is 1060. The lowest BCUT2D eigenvalue weighted by atomic mass is 10.2. The molecule has 7 nitrogen and oxygen atoms in total. The Morgan fingerprint density at radius 3 is 2.61 bits per heavy atom. The fraction of sp³-hybridized carbons (Fsp3) is 0.261. The second-order valence-electron chi connectivity index (χ2n) is 7.15. The highest BCUT2D eigenvalue weighted by Crippen LogP contribution is 2.27. The second kappa shape index (κ2) is 9.72. The summed E-state index contributed by atoms with van der Waals surface area (Å²) in [6, 6.07) is 16.6. The highest BCUT2D eigenvalue weighted by molar-refractivity contribution is 7.17. The molecule has 1 aliphatic heterocycles. The quantitative estimate of drug-likeness (QED) is 0.574. The maximum Gasteiger partial charge on any atom is 0.281 e. The van der Waals surface area contributed by atoms with Gasteiger partial charge in [-0.25, -0.2) is 4.98 Å². The Labute approximate surface area is 184 Å². The molecule has 1 atom stereocenters. The van der Waals surface area contributed by atoms with Crippen molar-refractivity contribution in [2.75, 3.05) is 13.2 Å². The van der Waals surface area contributed by atoms with Gasteiger partial charge in [-0.1, -0.05) is 42.5 Å². The van der Waals surface area contributed by atoms with Crippen LogP contribution < -0.4 is 15.6 Å². The minimum atomic E-state index is -0.457. The predicted octanol–water partition coefficient (Wildman–Crippen LogP) is 3.75. The van der Waals surface area contributed by atoms with Gasteiger partial charge in [-0.15, -0.1) is 11.3 Å². The molecular formula is C23H23N3O4S. The van der Waals surface area contributed by atoms with Gasteiger partial charge in [0.15, 0.2) is 0 Å². The van der Waals surface area contributed by atoms with Crippen molar-refractivity contribution in [3.8, 4) is 16.3 Å². The van der Waals surface area contributed by atoms with E-state index >= 15 is 0 Å². The summed E-state index contributed by atoms with van der Waals surface area (Å²) >= 11 is 1.28. The Morgan fingerprint density at radius 2 is 1.84 bits per heavy atom. The van der Waals surface area contributed by atoms with Gasteiger partial charge in [0.1, 0.15) is 22.2 Å². The van der Waals surface area contributed by atoms with E-state index in [1.54, 1.807) is 31.2 Å². The molecule has 2 aromatic carbocycles. The maximum atomic E-state index is 12.7. The number of aryl methyl sites for hydroxylation is 1. The summed E-state index contributed by atoms with van der Waals surface area (Å²) in [5.74, 6) is -0.421. The van der Waals surface area contributed by atoms with Crippen LogP contribution in [0.2, 0.25) is 0 Å². The third-order valence-electron chi connectivity index (χ3n) is 4.89. The third-order valence-corrected chi connectivity index (χ3v) is 6.10. The standard InChI is InChI=1S/C23H23N3O4S/c1-15-20(31-23(24-15)16-8-3-2-4-9-16)22(28)26-25-21(27)18-11-5-6-12-19(18)30-14-17-10-7-13-29-17/h2-6,8-9,11-12,17H,7,10,13-14H2,1H3,(H,25,27)(H,26,28). The molecule has 2 N–H and O–H groups in total. The van der Waals surface area contributed by atoms with E-state index in [1.807, 2.05) is 30.3 Å². The summed E-state index contributed by atoms with van der Waals surface area (Å²) in [7, 11) is 0. The van der Waals surface area contributed by atoms with Crippen LogP contribution in [0.25, 0.3) is 10.6 Å². The van der Waals surface area contributed by atoms with Crippen molar-refractivity contribution < 1.29 is 19.1 Å². The molecule has 0 aliphatic carbocycles. The summed E-state index contributed by atoms with van der Waals surface area (Å²) in [5.41, 5.74) is 6.84. The highest BCUT2D eigenvalue weighted by Gasteiger charge is 2.20. The van der Waals surface area contributed by atoms with E-state index in [0.29, 0.717) is 28.5 Å². The van der Waals surface area contributed by atoms with Crippen molar-refractivity contribution >= 4 is 23.2 Å². The van der Waals surface area contributed by atoms with Crippen LogP contribution in [0.1, 0.15) is 38.6 Å². The largest absolute Gasteiger partial charge is 0.490 e. The van der Waals surface area contributed by atoms with Crippen LogP contribution in [0.3, 0.4) is 0 Å². The smallest absolute Gasteiger partial charge is 0.281 e. The SMILES string of the molecule is Cc1nc(-c2ccccc2)sc1C(=O)NNC(=O)c1ccccc1OCC1CCCO1. The number of hydrogen-bond donors (Lipinski definition) is 2. The lowest BCUT2D eigenvalue weighted by Crippen LogP contribution is -2.41. The molecule has 8 heteroatoms. The van der Waals surface area contributed by atoms with E-state index in [4.69, 9.17) is 9.47 Å². The van der Waals surface area contributed by atoms with Gasteiger partial charge in [-0.05, 0) is 31.9 Å². The summed E-state index contributed by atoms with van der Waals surface area (Å²) in [6.45, 7) is 2.90. The van der Waals surface area contributed by atoms with E-state index in [-0.39, 0.29) is 6.10 Å². The summed E-state index contributed by atoms with van der Waals surface area (Å²) < 4.78 is 11.4. The third kappa shape index (κ3) is 5.10. The number of ether oxygens (including phenoxy) is 2. The molecule has 0 bridgehead atoms. The van der Waals surface area contributed by atoms with Gasteiger partial charge in [-0.3, -0.25) is 20.4 Å². The number of thiazole rings is 1. The fourth-order valence-electron chi connectivity index (χ4n) is 3.29. The number of carbonyl (C=O) groups is 2. The normalized spacial score (nSPS) is 15.5. The molecule has 1 saturated heterocycles. The molecule has 0 radical (unpaired) electrons. The predicted molar refractivity (Wildman–Crippen MR) is 118 cm³/mol. The molecular weight excluding hydrogens is 414 g/mol. The molecule has 0 saturated carbocycles. The molecule has 1 unspecified atom stereocenters. The van der Waals surface area contributed by atoms with Crippen LogP contribution in [-0.4, -0.2) is 36.1 Å². The monoisotopic (exact) mass is 437 g/mol. The van der Waals surface area contributed by atoms with Crippen LogP contribution in [0, 0.1) is 6.92 Å². The van der Waals surface area contributed by atoms with Crippen molar-refractivity contribution in [2.45, 2.75) is 25.9 Å². The van der Waals surface area contributed by atoms with E-state index in [2.05, 4.69) is 15.8 Å². The molecule has 31 heavy (non-hydrogen) atoms. The van der Waals surface area contributed by atoms with Gasteiger partial charge in [0.2, 0.25) is 0 Å². The van der Waals surface area contributed by atoms with E-state index < -0.39 is 11.8 Å². The fourth-order valence-corrected chi connectivity index (χ4v) is 4.25. The van der Waals surface area contributed by atoms with Crippen molar-refractivity contribution in [2.24, 2.45) is 0 Å². The van der Waals surface area contributed by atoms with Crippen LogP contribution in [-0.2, 0) is 4.74 Å². The number of benzene rings is 2. The molecule has 2 amide bonds. The molecule has 3 aromatic rings. The van der Waals surface area contributed by atoms with E-state index in [9.17, 15) is 9.59 Å². The summed E-state index contributed by atoms with van der Waals surface area (Å²) in [5, 5.41) is 0.752. The van der Waals surface area contributed by atoms with Gasteiger partial charge in [-0.2, -0.15) is 0 Å². The average Bonchev–Trinajstić information content (AvgIpc) is 3.46. The van der Waals surface area contributed by atoms with Gasteiger partial charge >= 0.3 is 0 Å². The number of nitrogens with one attached hydrogen (secondary N) is 2.